The molecule has 0 atom stereocenters. The van der Waals surface area contributed by atoms with Crippen LogP contribution in [0.1, 0.15) is 38.5 Å². The summed E-state index contributed by atoms with van der Waals surface area (Å²) in [4.78, 5) is 163. The molecule has 0 saturated heterocycles. The first-order chi connectivity index (χ1) is 18.9. The molecule has 0 aliphatic heterocycles. The van der Waals surface area contributed by atoms with Crippen LogP contribution in [0.2, 0.25) is 0 Å². The van der Waals surface area contributed by atoms with E-state index in [4.69, 9.17) is 0 Å². The standard InChI is InChI=1S/C10H30N2O24P8/c13-37(14,15)7(38(16,17)18)11-9(41(25,26)27,42(28,29)30)5-3-1-2-4-6-10(43(31,32)33,44(34,35)36)12-8(39(19,20)21)40(22,23)24/h7,11,19-21H,1-6H2,(H13-,13,14,15,16,17,18,22,23,24,25,26,27,28,29,30,31,32,33,34,35,36)/p+1. The fraction of sp³-hybridized carbons (Fsp3) is 0.900. The van der Waals surface area contributed by atoms with Gasteiger partial charge in [0, 0.05) is 0 Å². The highest BCUT2D eigenvalue weighted by Crippen LogP contribution is 2.75. The van der Waals surface area contributed by atoms with Gasteiger partial charge in [0.1, 0.15) is 0 Å². The third-order valence-corrected chi connectivity index (χ3v) is 19.9. The molecule has 0 aliphatic carbocycles. The third kappa shape index (κ3) is 11.3. The van der Waals surface area contributed by atoms with Crippen LogP contribution in [0, 0.1) is 0 Å². The lowest BCUT2D eigenvalue weighted by Gasteiger charge is -2.38. The summed E-state index contributed by atoms with van der Waals surface area (Å²) in [6, 6.07) is 0. The van der Waals surface area contributed by atoms with Gasteiger partial charge >= 0.3 is 66.3 Å². The average Bonchev–Trinajstić information content (AvgIpc) is 2.66. The Hall–Kier alpha value is 0.990. The van der Waals surface area contributed by atoms with Gasteiger partial charge in [0.05, 0.1) is 0 Å². The molecular weight excluding hydrogens is 780 g/mol. The van der Waals surface area contributed by atoms with E-state index in [1.807, 2.05) is 0 Å². The van der Waals surface area contributed by atoms with Gasteiger partial charge in [0.15, 0.2) is 0 Å². The number of hydrogen-bond donors (Lipinski definition) is 18. The summed E-state index contributed by atoms with van der Waals surface area (Å²) in [6.45, 7) is 0. The monoisotopic (exact) mass is 811 g/mol. The van der Waals surface area contributed by atoms with E-state index >= 15 is 0 Å². The molecule has 264 valence electrons. The molecule has 0 rings (SSSR count). The van der Waals surface area contributed by atoms with Gasteiger partial charge in [-0.25, -0.2) is 9.56 Å². The Kier molecular flexibility index (Phi) is 14.8. The second-order valence-electron chi connectivity index (χ2n) is 8.90. The van der Waals surface area contributed by atoms with E-state index in [2.05, 4.69) is 4.99 Å². The molecule has 0 spiro atoms. The van der Waals surface area contributed by atoms with Gasteiger partial charge in [-0.3, -0.25) is 32.7 Å². The zero-order valence-corrected chi connectivity index (χ0v) is 28.5. The van der Waals surface area contributed by atoms with Crippen molar-refractivity contribution in [1.82, 2.24) is 5.32 Å². The summed E-state index contributed by atoms with van der Waals surface area (Å²) >= 11 is 0. The van der Waals surface area contributed by atoms with Crippen molar-refractivity contribution in [3.8, 4) is 0 Å². The SMILES string of the molecule is O=P(O)(O)C(=NC(CCCCCCC(NC(P(=O)(O)O)P(=O)(O)O)(P(=O)(O)O)P(=O)(O)O)(P(=O)(O)O)P(=O)(O)O)[P+](O)(O)O. The zero-order chi connectivity index (χ0) is 35.8. The van der Waals surface area contributed by atoms with Crippen LogP contribution < -0.4 is 5.32 Å². The van der Waals surface area contributed by atoms with Gasteiger partial charge in [-0.1, -0.05) is 19.3 Å². The Balaban J connectivity index is 6.49. The van der Waals surface area contributed by atoms with Gasteiger partial charge in [-0.05, 0) is 19.3 Å². The van der Waals surface area contributed by atoms with Crippen molar-refractivity contribution in [2.75, 3.05) is 0 Å². The van der Waals surface area contributed by atoms with Crippen molar-refractivity contribution in [1.29, 1.82) is 0 Å². The van der Waals surface area contributed by atoms with Gasteiger partial charge in [-0.15, -0.1) is 0 Å². The minimum atomic E-state index is -6.37. The zero-order valence-electron chi connectivity index (χ0n) is 21.3. The maximum atomic E-state index is 12.1. The third-order valence-electron chi connectivity index (χ3n) is 5.49. The molecule has 34 heteroatoms. The first-order valence-corrected chi connectivity index (χ1v) is 23.8. The number of aliphatic imine (C=N–C) groups is 1. The molecule has 0 aromatic heterocycles. The lowest BCUT2D eigenvalue weighted by Crippen LogP contribution is -2.49. The van der Waals surface area contributed by atoms with Crippen LogP contribution >= 0.6 is 61.1 Å². The molecular formula is C10H31N2O24P8+. The van der Waals surface area contributed by atoms with E-state index in [-0.39, 0.29) is 0 Å². The van der Waals surface area contributed by atoms with Crippen LogP contribution in [-0.4, -0.2) is 104 Å². The van der Waals surface area contributed by atoms with Gasteiger partial charge in [0.2, 0.25) is 10.5 Å². The Morgan fingerprint density at radius 2 is 0.909 bits per heavy atom. The Morgan fingerprint density at radius 1 is 0.568 bits per heavy atom. The first kappa shape index (κ1) is 45.0. The van der Waals surface area contributed by atoms with E-state index < -0.39 is 120 Å². The molecule has 0 amide bonds. The molecule has 0 fully saturated rings. The fourth-order valence-corrected chi connectivity index (χ4v) is 14.1. The fourth-order valence-electron chi connectivity index (χ4n) is 3.47. The van der Waals surface area contributed by atoms with Crippen LogP contribution in [0.3, 0.4) is 0 Å². The summed E-state index contributed by atoms with van der Waals surface area (Å²) in [5.74, 6) is 0. The minimum absolute atomic E-state index is 0.607. The van der Waals surface area contributed by atoms with Crippen molar-refractivity contribution in [3.05, 3.63) is 0 Å². The van der Waals surface area contributed by atoms with Crippen LogP contribution in [-0.2, 0) is 32.0 Å². The molecule has 0 saturated carbocycles. The van der Waals surface area contributed by atoms with Crippen LogP contribution in [0.4, 0.5) is 0 Å². The second kappa shape index (κ2) is 14.5. The van der Waals surface area contributed by atoms with Crippen molar-refractivity contribution in [2.24, 2.45) is 4.99 Å². The minimum Gasteiger partial charge on any atom is -0.323 e. The normalized spacial score (nSPS) is 16.1. The van der Waals surface area contributed by atoms with E-state index in [0.717, 1.165) is 5.32 Å². The molecule has 0 aromatic carbocycles. The highest BCUT2D eigenvalue weighted by atomic mass is 31.3. The maximum absolute atomic E-state index is 12.1. The van der Waals surface area contributed by atoms with Crippen LogP contribution in [0.5, 0.6) is 0 Å². The molecule has 0 radical (unpaired) electrons. The summed E-state index contributed by atoms with van der Waals surface area (Å²) < 4.78 is 83.3. The Bertz CT molecular complexity index is 1330. The summed E-state index contributed by atoms with van der Waals surface area (Å²) in [7, 11) is -49.7. The highest BCUT2D eigenvalue weighted by Gasteiger charge is 2.65. The summed E-state index contributed by atoms with van der Waals surface area (Å²) in [6.07, 6.45) is -6.06. The van der Waals surface area contributed by atoms with Gasteiger partial charge in [0.25, 0.3) is 5.02 Å². The molecule has 18 N–H and O–H groups in total. The van der Waals surface area contributed by atoms with Crippen LogP contribution in [0.25, 0.3) is 0 Å². The van der Waals surface area contributed by atoms with Crippen LogP contribution in [0.15, 0.2) is 4.99 Å². The largest absolute Gasteiger partial charge is 0.469 e. The second-order valence-corrected chi connectivity index (χ2v) is 24.2. The average molecular weight is 811 g/mol. The molecule has 0 aromatic rings. The topological polar surface area (TPSA) is 488 Å². The Morgan fingerprint density at radius 3 is 1.16 bits per heavy atom. The first-order valence-electron chi connectivity index (χ1n) is 10.7. The molecule has 44 heavy (non-hydrogen) atoms. The van der Waals surface area contributed by atoms with Gasteiger partial charge in [-0.2, -0.15) is 14.7 Å². The van der Waals surface area contributed by atoms with Gasteiger partial charge < -0.3 is 68.5 Å². The van der Waals surface area contributed by atoms with Crippen molar-refractivity contribution < 1.29 is 115 Å². The molecule has 26 nitrogen and oxygen atoms in total. The lowest BCUT2D eigenvalue weighted by atomic mass is 10.1. The number of unbranched alkanes of at least 4 members (excludes halogenated alkanes) is 3. The summed E-state index contributed by atoms with van der Waals surface area (Å²) in [5, 5.41) is -9.69. The van der Waals surface area contributed by atoms with E-state index in [0.29, 0.717) is 0 Å². The van der Waals surface area contributed by atoms with Crippen molar-refractivity contribution in [3.63, 3.8) is 0 Å². The predicted molar refractivity (Wildman–Crippen MR) is 145 cm³/mol. The number of nitrogens with zero attached hydrogens (tertiary/aromatic N) is 1. The molecule has 0 unspecified atom stereocenters. The van der Waals surface area contributed by atoms with E-state index in [1.165, 1.54) is 0 Å². The number of rotatable bonds is 18. The number of hydrogen-bond acceptors (Lipinski definition) is 12. The van der Waals surface area contributed by atoms with E-state index in [1.54, 1.807) is 0 Å². The van der Waals surface area contributed by atoms with Crippen molar-refractivity contribution in [2.45, 2.75) is 54.1 Å². The lowest BCUT2D eigenvalue weighted by molar-refractivity contribution is 0.265. The number of nitrogens with one attached hydrogen (secondary N) is 1. The predicted octanol–water partition coefficient (Wildman–Crippen LogP) is -2.15. The van der Waals surface area contributed by atoms with Crippen molar-refractivity contribution >= 4 is 66.3 Å². The quantitative estimate of drug-likeness (QED) is 0.0398. The summed E-state index contributed by atoms with van der Waals surface area (Å²) in [5.41, 5.74) is -3.54. The molecule has 0 bridgehead atoms. The Labute approximate surface area is 246 Å². The maximum Gasteiger partial charge on any atom is 0.469 e. The smallest absolute Gasteiger partial charge is 0.323 e. The molecule has 0 heterocycles. The highest BCUT2D eigenvalue weighted by molar-refractivity contribution is 8.00. The molecule has 0 aliphatic rings. The van der Waals surface area contributed by atoms with E-state index in [9.17, 15) is 115 Å².